The highest BCUT2D eigenvalue weighted by Gasteiger charge is 2.37. The third-order valence-corrected chi connectivity index (χ3v) is 2.95. The van der Waals surface area contributed by atoms with Crippen LogP contribution in [0.15, 0.2) is 24.3 Å². The third-order valence-electron chi connectivity index (χ3n) is 2.95. The van der Waals surface area contributed by atoms with Gasteiger partial charge in [0.05, 0.1) is 7.11 Å². The summed E-state index contributed by atoms with van der Waals surface area (Å²) in [5.74, 6) is 0.802. The molecule has 1 aromatic carbocycles. The summed E-state index contributed by atoms with van der Waals surface area (Å²) in [5, 5.41) is 0. The Morgan fingerprint density at radius 3 is 2.64 bits per heavy atom. The molecule has 0 atom stereocenters. The zero-order valence-electron chi connectivity index (χ0n) is 8.42. The van der Waals surface area contributed by atoms with Gasteiger partial charge in [-0.3, -0.25) is 0 Å². The first-order valence-electron chi connectivity index (χ1n) is 5.04. The van der Waals surface area contributed by atoms with Crippen molar-refractivity contribution >= 4 is 0 Å². The number of hydrogen-bond acceptors (Lipinski definition) is 1. The zero-order chi connectivity index (χ0) is 10.0. The fourth-order valence-electron chi connectivity index (χ4n) is 1.93. The van der Waals surface area contributed by atoms with E-state index in [0.29, 0.717) is 19.3 Å². The first-order chi connectivity index (χ1) is 6.73. The SMILES string of the molecule is COc1ccccc1CC1(F)CCC1. The molecule has 1 aliphatic carbocycles. The lowest BCUT2D eigenvalue weighted by Gasteiger charge is -2.34. The summed E-state index contributed by atoms with van der Waals surface area (Å²) >= 11 is 0. The molecule has 0 heterocycles. The van der Waals surface area contributed by atoms with Crippen molar-refractivity contribution < 1.29 is 9.13 Å². The summed E-state index contributed by atoms with van der Waals surface area (Å²) in [6, 6.07) is 7.67. The third kappa shape index (κ3) is 1.74. The fourth-order valence-corrected chi connectivity index (χ4v) is 1.93. The summed E-state index contributed by atoms with van der Waals surface area (Å²) in [4.78, 5) is 0. The van der Waals surface area contributed by atoms with E-state index in [1.54, 1.807) is 7.11 Å². The van der Waals surface area contributed by atoms with Gasteiger partial charge in [0.2, 0.25) is 0 Å². The summed E-state index contributed by atoms with van der Waals surface area (Å²) < 4.78 is 19.0. The van der Waals surface area contributed by atoms with Gasteiger partial charge in [-0.05, 0) is 30.9 Å². The molecule has 0 spiro atoms. The Kier molecular flexibility index (Phi) is 2.44. The Bertz CT molecular complexity index is 318. The maximum atomic E-state index is 13.9. The van der Waals surface area contributed by atoms with Crippen LogP contribution in [-0.4, -0.2) is 12.8 Å². The molecule has 2 rings (SSSR count). The Balaban J connectivity index is 2.15. The van der Waals surface area contributed by atoms with Gasteiger partial charge in [-0.25, -0.2) is 4.39 Å². The van der Waals surface area contributed by atoms with Crippen LogP contribution in [0.5, 0.6) is 5.75 Å². The molecular formula is C12H15FO. The molecule has 76 valence electrons. The van der Waals surface area contributed by atoms with Gasteiger partial charge in [0.25, 0.3) is 0 Å². The van der Waals surface area contributed by atoms with Crippen LogP contribution in [0.4, 0.5) is 4.39 Å². The van der Waals surface area contributed by atoms with Gasteiger partial charge in [-0.15, -0.1) is 0 Å². The molecule has 0 radical (unpaired) electrons. The van der Waals surface area contributed by atoms with E-state index in [1.807, 2.05) is 24.3 Å². The molecule has 1 nitrogen and oxygen atoms in total. The lowest BCUT2D eigenvalue weighted by atomic mass is 9.77. The number of hydrogen-bond donors (Lipinski definition) is 0. The van der Waals surface area contributed by atoms with E-state index in [1.165, 1.54) is 0 Å². The number of alkyl halides is 1. The van der Waals surface area contributed by atoms with Crippen molar-refractivity contribution in [1.29, 1.82) is 0 Å². The van der Waals surface area contributed by atoms with Crippen LogP contribution in [0.2, 0.25) is 0 Å². The van der Waals surface area contributed by atoms with Crippen LogP contribution in [0.3, 0.4) is 0 Å². The first kappa shape index (κ1) is 9.50. The van der Waals surface area contributed by atoms with Crippen molar-refractivity contribution in [2.45, 2.75) is 31.4 Å². The second-order valence-electron chi connectivity index (χ2n) is 3.99. The van der Waals surface area contributed by atoms with Gasteiger partial charge < -0.3 is 4.74 Å². The molecule has 0 aliphatic heterocycles. The monoisotopic (exact) mass is 194 g/mol. The molecule has 0 aromatic heterocycles. The lowest BCUT2D eigenvalue weighted by Crippen LogP contribution is -2.34. The predicted molar refractivity (Wildman–Crippen MR) is 54.4 cm³/mol. The second-order valence-corrected chi connectivity index (χ2v) is 3.99. The van der Waals surface area contributed by atoms with Crippen LogP contribution in [0, 0.1) is 0 Å². The van der Waals surface area contributed by atoms with Crippen molar-refractivity contribution in [3.8, 4) is 5.75 Å². The van der Waals surface area contributed by atoms with Crippen molar-refractivity contribution in [3.63, 3.8) is 0 Å². The Hall–Kier alpha value is -1.05. The Labute approximate surface area is 83.9 Å². The smallest absolute Gasteiger partial charge is 0.122 e. The van der Waals surface area contributed by atoms with E-state index in [0.717, 1.165) is 17.7 Å². The summed E-state index contributed by atoms with van der Waals surface area (Å²) in [6.45, 7) is 0. The van der Waals surface area contributed by atoms with E-state index in [9.17, 15) is 4.39 Å². The van der Waals surface area contributed by atoms with E-state index < -0.39 is 5.67 Å². The average molecular weight is 194 g/mol. The van der Waals surface area contributed by atoms with E-state index in [-0.39, 0.29) is 0 Å². The molecule has 1 saturated carbocycles. The molecule has 0 amide bonds. The Morgan fingerprint density at radius 2 is 2.07 bits per heavy atom. The van der Waals surface area contributed by atoms with E-state index in [4.69, 9.17) is 4.74 Å². The number of para-hydroxylation sites is 1. The summed E-state index contributed by atoms with van der Waals surface area (Å²) in [7, 11) is 1.63. The van der Waals surface area contributed by atoms with E-state index in [2.05, 4.69) is 0 Å². The molecule has 0 bridgehead atoms. The average Bonchev–Trinajstić information content (AvgIpc) is 2.16. The van der Waals surface area contributed by atoms with Gasteiger partial charge in [-0.2, -0.15) is 0 Å². The second kappa shape index (κ2) is 3.60. The molecule has 2 heteroatoms. The largest absolute Gasteiger partial charge is 0.496 e. The van der Waals surface area contributed by atoms with Gasteiger partial charge in [0.1, 0.15) is 11.4 Å². The quantitative estimate of drug-likeness (QED) is 0.718. The number of ether oxygens (including phenoxy) is 1. The van der Waals surface area contributed by atoms with Crippen molar-refractivity contribution in [1.82, 2.24) is 0 Å². The highest BCUT2D eigenvalue weighted by Crippen LogP contribution is 2.40. The molecule has 1 aromatic rings. The van der Waals surface area contributed by atoms with Crippen LogP contribution in [-0.2, 0) is 6.42 Å². The van der Waals surface area contributed by atoms with Gasteiger partial charge in [-0.1, -0.05) is 18.2 Å². The first-order valence-corrected chi connectivity index (χ1v) is 5.04. The highest BCUT2D eigenvalue weighted by atomic mass is 19.1. The summed E-state index contributed by atoms with van der Waals surface area (Å²) in [5.41, 5.74) is 0.0199. The summed E-state index contributed by atoms with van der Waals surface area (Å²) in [6.07, 6.45) is 2.92. The fraction of sp³-hybridized carbons (Fsp3) is 0.500. The molecule has 14 heavy (non-hydrogen) atoms. The van der Waals surface area contributed by atoms with Crippen molar-refractivity contribution in [2.24, 2.45) is 0 Å². The van der Waals surface area contributed by atoms with Crippen LogP contribution in [0.25, 0.3) is 0 Å². The van der Waals surface area contributed by atoms with Crippen molar-refractivity contribution in [3.05, 3.63) is 29.8 Å². The van der Waals surface area contributed by atoms with Gasteiger partial charge in [0.15, 0.2) is 0 Å². The zero-order valence-corrected chi connectivity index (χ0v) is 8.42. The van der Waals surface area contributed by atoms with E-state index >= 15 is 0 Å². The van der Waals surface area contributed by atoms with Gasteiger partial charge in [0, 0.05) is 6.42 Å². The van der Waals surface area contributed by atoms with Crippen LogP contribution in [0.1, 0.15) is 24.8 Å². The topological polar surface area (TPSA) is 9.23 Å². The predicted octanol–water partition coefficient (Wildman–Crippen LogP) is 3.13. The number of methoxy groups -OCH3 is 1. The van der Waals surface area contributed by atoms with Crippen LogP contribution >= 0.6 is 0 Å². The van der Waals surface area contributed by atoms with Crippen LogP contribution < -0.4 is 4.74 Å². The minimum atomic E-state index is -0.964. The minimum absolute atomic E-state index is 0.497. The molecule has 0 unspecified atom stereocenters. The molecule has 1 fully saturated rings. The number of halogens is 1. The normalized spacial score (nSPS) is 18.7. The molecule has 0 saturated heterocycles. The minimum Gasteiger partial charge on any atom is -0.496 e. The maximum absolute atomic E-state index is 13.9. The Morgan fingerprint density at radius 1 is 1.36 bits per heavy atom. The molecular weight excluding hydrogens is 179 g/mol. The maximum Gasteiger partial charge on any atom is 0.122 e. The van der Waals surface area contributed by atoms with Crippen molar-refractivity contribution in [2.75, 3.05) is 7.11 Å². The van der Waals surface area contributed by atoms with Gasteiger partial charge >= 0.3 is 0 Å². The number of benzene rings is 1. The lowest BCUT2D eigenvalue weighted by molar-refractivity contribution is 0.0634. The highest BCUT2D eigenvalue weighted by molar-refractivity contribution is 5.34. The standard InChI is InChI=1S/C12H15FO/c1-14-11-6-3-2-5-10(11)9-12(13)7-4-8-12/h2-3,5-6H,4,7-9H2,1H3. The number of rotatable bonds is 3. The molecule has 1 aliphatic rings. The molecule has 0 N–H and O–H groups in total.